The smallest absolute Gasteiger partial charge is 0.335 e. The van der Waals surface area contributed by atoms with Gasteiger partial charge in [-0.1, -0.05) is 53.9 Å². The number of phenolic OH excluding ortho intramolecular Hbond substituents is 1. The molecule has 0 aliphatic rings. The predicted molar refractivity (Wildman–Crippen MR) is 104 cm³/mol. The summed E-state index contributed by atoms with van der Waals surface area (Å²) < 4.78 is 0. The van der Waals surface area contributed by atoms with E-state index in [1.165, 1.54) is 19.3 Å². The van der Waals surface area contributed by atoms with Crippen molar-refractivity contribution in [3.8, 4) is 5.75 Å². The summed E-state index contributed by atoms with van der Waals surface area (Å²) in [6.45, 7) is 11.0. The number of hydrogen-bond acceptors (Lipinski definition) is 2. The molecule has 1 unspecified atom stereocenters. The fraction of sp³-hybridized carbons (Fsp3) is 0.682. The van der Waals surface area contributed by atoms with E-state index in [4.69, 9.17) is 0 Å². The third-order valence-electron chi connectivity index (χ3n) is 4.89. The van der Waals surface area contributed by atoms with Crippen molar-refractivity contribution in [3.05, 3.63) is 28.8 Å². The van der Waals surface area contributed by atoms with E-state index in [-0.39, 0.29) is 0 Å². The molecular formula is C22H36O3. The van der Waals surface area contributed by atoms with Gasteiger partial charge in [0.15, 0.2) is 0 Å². The van der Waals surface area contributed by atoms with Gasteiger partial charge in [0.05, 0.1) is 5.56 Å². The number of rotatable bonds is 11. The minimum absolute atomic E-state index is 0.291. The Morgan fingerprint density at radius 2 is 1.40 bits per heavy atom. The number of carboxylic acid groups (broad SMARTS) is 1. The van der Waals surface area contributed by atoms with Crippen molar-refractivity contribution in [3.63, 3.8) is 0 Å². The van der Waals surface area contributed by atoms with Crippen LogP contribution in [0.1, 0.15) is 88.2 Å². The Labute approximate surface area is 153 Å². The Balaban J connectivity index is 2.78. The van der Waals surface area contributed by atoms with Crippen LogP contribution in [0.2, 0.25) is 0 Å². The first-order chi connectivity index (χ1) is 11.7. The predicted octanol–water partition coefficient (Wildman–Crippen LogP) is 6.07. The molecule has 1 aromatic rings. The fourth-order valence-corrected chi connectivity index (χ4v) is 3.13. The van der Waals surface area contributed by atoms with Crippen molar-refractivity contribution in [2.45, 2.75) is 79.6 Å². The molecule has 25 heavy (non-hydrogen) atoms. The lowest BCUT2D eigenvalue weighted by Gasteiger charge is -2.15. The highest BCUT2D eigenvalue weighted by Crippen LogP contribution is 2.29. The van der Waals surface area contributed by atoms with Crippen molar-refractivity contribution in [1.82, 2.24) is 0 Å². The van der Waals surface area contributed by atoms with Crippen LogP contribution >= 0.6 is 0 Å². The van der Waals surface area contributed by atoms with Crippen molar-refractivity contribution in [2.75, 3.05) is 0 Å². The molecular weight excluding hydrogens is 312 g/mol. The molecule has 0 fully saturated rings. The van der Waals surface area contributed by atoms with Gasteiger partial charge in [-0.3, -0.25) is 0 Å². The standard InChI is InChI=1S/C22H36O3/c1-15(2)7-6-8-17(5)10-12-19-14-20(22(24)25)13-18(21(19)23)11-9-16(3)4/h13-17,23H,6-12H2,1-5H3,(H,24,25). The summed E-state index contributed by atoms with van der Waals surface area (Å²) in [5.74, 6) is 1.24. The first-order valence-corrected chi connectivity index (χ1v) is 9.78. The first kappa shape index (κ1) is 21.5. The molecule has 0 heterocycles. The second kappa shape index (κ2) is 10.5. The highest BCUT2D eigenvalue weighted by Gasteiger charge is 2.15. The van der Waals surface area contributed by atoms with Crippen LogP contribution in [0.25, 0.3) is 0 Å². The minimum Gasteiger partial charge on any atom is -0.507 e. The average Bonchev–Trinajstić information content (AvgIpc) is 2.51. The van der Waals surface area contributed by atoms with E-state index in [0.717, 1.165) is 42.7 Å². The van der Waals surface area contributed by atoms with Crippen LogP contribution in [0.3, 0.4) is 0 Å². The quantitative estimate of drug-likeness (QED) is 0.510. The molecule has 0 aromatic heterocycles. The SMILES string of the molecule is CC(C)CCCC(C)CCc1cc(C(=O)O)cc(CCC(C)C)c1O. The van der Waals surface area contributed by atoms with Gasteiger partial charge in [-0.25, -0.2) is 4.79 Å². The van der Waals surface area contributed by atoms with Crippen LogP contribution in [-0.4, -0.2) is 16.2 Å². The molecule has 0 aliphatic carbocycles. The maximum atomic E-state index is 11.4. The third kappa shape index (κ3) is 7.94. The summed E-state index contributed by atoms with van der Waals surface area (Å²) in [5.41, 5.74) is 1.85. The van der Waals surface area contributed by atoms with E-state index in [1.54, 1.807) is 12.1 Å². The van der Waals surface area contributed by atoms with Gasteiger partial charge in [0.2, 0.25) is 0 Å². The van der Waals surface area contributed by atoms with E-state index in [9.17, 15) is 15.0 Å². The van der Waals surface area contributed by atoms with Crippen LogP contribution in [0.4, 0.5) is 0 Å². The van der Waals surface area contributed by atoms with Gasteiger partial charge in [-0.05, 0) is 66.7 Å². The molecule has 1 atom stereocenters. The van der Waals surface area contributed by atoms with Crippen LogP contribution in [0.5, 0.6) is 5.75 Å². The zero-order valence-corrected chi connectivity index (χ0v) is 16.6. The van der Waals surface area contributed by atoms with E-state index in [0.29, 0.717) is 23.1 Å². The summed E-state index contributed by atoms with van der Waals surface area (Å²) in [5, 5.41) is 19.9. The van der Waals surface area contributed by atoms with Gasteiger partial charge in [-0.2, -0.15) is 0 Å². The lowest BCUT2D eigenvalue weighted by atomic mass is 9.91. The zero-order chi connectivity index (χ0) is 19.0. The van der Waals surface area contributed by atoms with Crippen LogP contribution in [0.15, 0.2) is 12.1 Å². The third-order valence-corrected chi connectivity index (χ3v) is 4.89. The second-order valence-corrected chi connectivity index (χ2v) is 8.35. The number of aryl methyl sites for hydroxylation is 2. The van der Waals surface area contributed by atoms with E-state index < -0.39 is 5.97 Å². The molecule has 2 N–H and O–H groups in total. The van der Waals surface area contributed by atoms with Gasteiger partial charge in [-0.15, -0.1) is 0 Å². The summed E-state index contributed by atoms with van der Waals surface area (Å²) in [7, 11) is 0. The Bertz CT molecular complexity index is 546. The van der Waals surface area contributed by atoms with Crippen LogP contribution in [-0.2, 0) is 12.8 Å². The topological polar surface area (TPSA) is 57.5 Å². The Morgan fingerprint density at radius 1 is 0.880 bits per heavy atom. The molecule has 1 aromatic carbocycles. The van der Waals surface area contributed by atoms with Crippen molar-refractivity contribution >= 4 is 5.97 Å². The first-order valence-electron chi connectivity index (χ1n) is 9.78. The van der Waals surface area contributed by atoms with E-state index in [2.05, 4.69) is 34.6 Å². The summed E-state index contributed by atoms with van der Waals surface area (Å²) in [6, 6.07) is 3.28. The summed E-state index contributed by atoms with van der Waals surface area (Å²) in [4.78, 5) is 11.4. The van der Waals surface area contributed by atoms with Gasteiger partial charge >= 0.3 is 5.97 Å². The number of carboxylic acids is 1. The second-order valence-electron chi connectivity index (χ2n) is 8.35. The van der Waals surface area contributed by atoms with E-state index >= 15 is 0 Å². The molecule has 0 bridgehead atoms. The molecule has 0 aliphatic heterocycles. The maximum Gasteiger partial charge on any atom is 0.335 e. The lowest BCUT2D eigenvalue weighted by molar-refractivity contribution is 0.0696. The average molecular weight is 349 g/mol. The summed E-state index contributed by atoms with van der Waals surface area (Å²) >= 11 is 0. The lowest BCUT2D eigenvalue weighted by Crippen LogP contribution is -2.04. The van der Waals surface area contributed by atoms with Crippen LogP contribution in [0, 0.1) is 17.8 Å². The number of aromatic carboxylic acids is 1. The zero-order valence-electron chi connectivity index (χ0n) is 16.6. The number of carbonyl (C=O) groups is 1. The molecule has 3 heteroatoms. The number of hydrogen-bond donors (Lipinski definition) is 2. The van der Waals surface area contributed by atoms with Crippen molar-refractivity contribution in [2.24, 2.45) is 17.8 Å². The molecule has 3 nitrogen and oxygen atoms in total. The molecule has 0 radical (unpaired) electrons. The summed E-state index contributed by atoms with van der Waals surface area (Å²) in [6.07, 6.45) is 7.08. The van der Waals surface area contributed by atoms with Gasteiger partial charge in [0.1, 0.15) is 5.75 Å². The van der Waals surface area contributed by atoms with Crippen LogP contribution < -0.4 is 0 Å². The van der Waals surface area contributed by atoms with Gasteiger partial charge in [0.25, 0.3) is 0 Å². The van der Waals surface area contributed by atoms with Crippen molar-refractivity contribution in [1.29, 1.82) is 0 Å². The van der Waals surface area contributed by atoms with E-state index in [1.807, 2.05) is 0 Å². The molecule has 0 spiro atoms. The highest BCUT2D eigenvalue weighted by atomic mass is 16.4. The highest BCUT2D eigenvalue weighted by molar-refractivity contribution is 5.88. The normalized spacial score (nSPS) is 12.8. The Morgan fingerprint density at radius 3 is 1.88 bits per heavy atom. The molecule has 142 valence electrons. The number of benzene rings is 1. The number of phenols is 1. The largest absolute Gasteiger partial charge is 0.507 e. The molecule has 0 amide bonds. The van der Waals surface area contributed by atoms with Gasteiger partial charge in [0, 0.05) is 0 Å². The van der Waals surface area contributed by atoms with Crippen molar-refractivity contribution < 1.29 is 15.0 Å². The monoisotopic (exact) mass is 348 g/mol. The maximum absolute atomic E-state index is 11.4. The van der Waals surface area contributed by atoms with Gasteiger partial charge < -0.3 is 10.2 Å². The molecule has 1 rings (SSSR count). The minimum atomic E-state index is -0.919. The number of aromatic hydroxyl groups is 1. The Hall–Kier alpha value is -1.51. The molecule has 0 saturated carbocycles. The molecule has 0 saturated heterocycles. The Kier molecular flexibility index (Phi) is 9.02. The fourth-order valence-electron chi connectivity index (χ4n) is 3.13.